The molecule has 1 heterocycles. The Balaban J connectivity index is 1.99. The quantitative estimate of drug-likeness (QED) is 0.720. The summed E-state index contributed by atoms with van der Waals surface area (Å²) < 4.78 is 25.2. The zero-order chi connectivity index (χ0) is 21.1. The number of aryl methyl sites for hydroxylation is 1. The van der Waals surface area contributed by atoms with Crippen LogP contribution in [-0.4, -0.2) is 65.1 Å². The van der Waals surface area contributed by atoms with Gasteiger partial charge in [-0.15, -0.1) is 0 Å². The maximum absolute atomic E-state index is 13.6. The molecule has 1 aromatic rings. The first kappa shape index (κ1) is 22.9. The summed E-state index contributed by atoms with van der Waals surface area (Å²) in [5, 5.41) is 10.1. The highest BCUT2D eigenvalue weighted by atomic mass is 79.9. The largest absolute Gasteiger partial charge is 0.493 e. The number of ether oxygens (including phenoxy) is 2. The maximum atomic E-state index is 13.6. The number of carbonyl (C=O) groups is 1. The molecule has 1 aliphatic rings. The van der Waals surface area contributed by atoms with Crippen molar-refractivity contribution in [3.63, 3.8) is 0 Å². The van der Waals surface area contributed by atoms with Crippen LogP contribution < -0.4 is 4.74 Å². The van der Waals surface area contributed by atoms with Gasteiger partial charge < -0.3 is 19.5 Å². The summed E-state index contributed by atoms with van der Waals surface area (Å²) in [4.78, 5) is 16.0. The van der Waals surface area contributed by atoms with Crippen LogP contribution in [0, 0.1) is 12.7 Å². The summed E-state index contributed by atoms with van der Waals surface area (Å²) in [6.07, 6.45) is -0.354. The molecule has 8 heteroatoms. The van der Waals surface area contributed by atoms with Crippen LogP contribution in [0.15, 0.2) is 16.6 Å². The first-order valence-electron chi connectivity index (χ1n) is 9.48. The van der Waals surface area contributed by atoms with Crippen molar-refractivity contribution < 1.29 is 23.8 Å². The second-order valence-electron chi connectivity index (χ2n) is 8.12. The molecule has 28 heavy (non-hydrogen) atoms. The average molecular weight is 461 g/mol. The van der Waals surface area contributed by atoms with Crippen LogP contribution in [0.5, 0.6) is 5.75 Å². The van der Waals surface area contributed by atoms with E-state index in [4.69, 9.17) is 9.47 Å². The van der Waals surface area contributed by atoms with E-state index >= 15 is 0 Å². The molecule has 0 bridgehead atoms. The van der Waals surface area contributed by atoms with Gasteiger partial charge in [-0.1, -0.05) is 0 Å². The van der Waals surface area contributed by atoms with E-state index in [1.165, 1.54) is 6.07 Å². The predicted molar refractivity (Wildman–Crippen MR) is 109 cm³/mol. The van der Waals surface area contributed by atoms with Crippen molar-refractivity contribution in [3.8, 4) is 5.75 Å². The molecule has 1 aromatic carbocycles. The molecule has 2 atom stereocenters. The maximum Gasteiger partial charge on any atom is 0.410 e. The number of amides is 1. The molecule has 1 fully saturated rings. The number of rotatable bonds is 5. The average Bonchev–Trinajstić information content (AvgIpc) is 2.57. The minimum Gasteiger partial charge on any atom is -0.493 e. The second kappa shape index (κ2) is 9.41. The second-order valence-corrected chi connectivity index (χ2v) is 8.97. The Hall–Kier alpha value is -1.38. The number of halogens is 2. The minimum atomic E-state index is -0.618. The normalized spacial score (nSPS) is 19.4. The number of benzene rings is 1. The molecule has 2 rings (SSSR count). The fraction of sp³-hybridized carbons (Fsp3) is 0.650. The molecule has 0 aliphatic carbocycles. The van der Waals surface area contributed by atoms with E-state index in [0.717, 1.165) is 0 Å². The topological polar surface area (TPSA) is 62.2 Å². The van der Waals surface area contributed by atoms with Crippen LogP contribution in [-0.2, 0) is 4.74 Å². The van der Waals surface area contributed by atoms with Crippen molar-refractivity contribution in [1.82, 2.24) is 9.80 Å². The molecular formula is C20H30BrFN2O4. The fourth-order valence-corrected chi connectivity index (χ4v) is 3.52. The standard InChI is InChI=1S/C20H30BrFN2O4/c1-13-10-17(22)16(21)11-18(13)27-9-6-15-12-23(7-8-24(15)14(2)25)19(26)28-20(3,4)5/h10-11,14-15,25H,6-9,12H2,1-5H3. The number of hydrogen-bond donors (Lipinski definition) is 1. The summed E-state index contributed by atoms with van der Waals surface area (Å²) in [7, 11) is 0. The molecule has 158 valence electrons. The molecule has 0 aromatic heterocycles. The Morgan fingerprint density at radius 3 is 2.68 bits per heavy atom. The molecular weight excluding hydrogens is 431 g/mol. The third-order valence-corrected chi connectivity index (χ3v) is 5.19. The molecule has 1 N–H and O–H groups in total. The zero-order valence-electron chi connectivity index (χ0n) is 17.2. The third-order valence-electron chi connectivity index (χ3n) is 4.59. The van der Waals surface area contributed by atoms with Gasteiger partial charge in [0.1, 0.15) is 23.4 Å². The number of hydrogen-bond acceptors (Lipinski definition) is 5. The Morgan fingerprint density at radius 1 is 1.39 bits per heavy atom. The van der Waals surface area contributed by atoms with Crippen molar-refractivity contribution in [2.45, 2.75) is 58.9 Å². The first-order chi connectivity index (χ1) is 13.0. The highest BCUT2D eigenvalue weighted by Crippen LogP contribution is 2.27. The Bertz CT molecular complexity index is 694. The molecule has 6 nitrogen and oxygen atoms in total. The van der Waals surface area contributed by atoms with Gasteiger partial charge in [-0.25, -0.2) is 9.18 Å². The lowest BCUT2D eigenvalue weighted by Crippen LogP contribution is -2.58. The molecule has 0 spiro atoms. The highest BCUT2D eigenvalue weighted by Gasteiger charge is 2.33. The van der Waals surface area contributed by atoms with E-state index < -0.39 is 11.8 Å². The summed E-state index contributed by atoms with van der Waals surface area (Å²) in [6.45, 7) is 10.9. The molecule has 0 radical (unpaired) electrons. The molecule has 2 unspecified atom stereocenters. The van der Waals surface area contributed by atoms with Gasteiger partial charge in [-0.2, -0.15) is 0 Å². The lowest BCUT2D eigenvalue weighted by atomic mass is 10.1. The highest BCUT2D eigenvalue weighted by molar-refractivity contribution is 9.10. The summed E-state index contributed by atoms with van der Waals surface area (Å²) in [5.74, 6) is 0.280. The summed E-state index contributed by atoms with van der Waals surface area (Å²) in [5.41, 5.74) is 0.164. The van der Waals surface area contributed by atoms with Crippen molar-refractivity contribution >= 4 is 22.0 Å². The molecule has 1 amide bonds. The summed E-state index contributed by atoms with van der Waals surface area (Å²) >= 11 is 3.17. The van der Waals surface area contributed by atoms with E-state index in [1.54, 1.807) is 24.8 Å². The first-order valence-corrected chi connectivity index (χ1v) is 10.3. The van der Waals surface area contributed by atoms with Gasteiger partial charge >= 0.3 is 6.09 Å². The van der Waals surface area contributed by atoms with E-state index in [0.29, 0.717) is 48.4 Å². The Labute approximate surface area is 174 Å². The van der Waals surface area contributed by atoms with E-state index in [2.05, 4.69) is 15.9 Å². The van der Waals surface area contributed by atoms with E-state index in [1.807, 2.05) is 25.7 Å². The smallest absolute Gasteiger partial charge is 0.410 e. The van der Waals surface area contributed by atoms with Crippen molar-refractivity contribution in [1.29, 1.82) is 0 Å². The number of piperazine rings is 1. The van der Waals surface area contributed by atoms with Crippen LogP contribution in [0.4, 0.5) is 9.18 Å². The zero-order valence-corrected chi connectivity index (χ0v) is 18.8. The van der Waals surface area contributed by atoms with Crippen LogP contribution in [0.1, 0.15) is 39.7 Å². The SMILES string of the molecule is Cc1cc(F)c(Br)cc1OCCC1CN(C(=O)OC(C)(C)C)CCN1C(C)O. The number of aliphatic hydroxyl groups excluding tert-OH is 1. The molecule has 1 aliphatic heterocycles. The van der Waals surface area contributed by atoms with Crippen LogP contribution in [0.25, 0.3) is 0 Å². The molecule has 0 saturated carbocycles. The lowest BCUT2D eigenvalue weighted by Gasteiger charge is -2.42. The van der Waals surface area contributed by atoms with Gasteiger partial charge in [0.05, 0.1) is 11.1 Å². The lowest BCUT2D eigenvalue weighted by molar-refractivity contribution is -0.0583. The Kier molecular flexibility index (Phi) is 7.70. The van der Waals surface area contributed by atoms with E-state index in [-0.39, 0.29) is 18.0 Å². The minimum absolute atomic E-state index is 0.0644. The van der Waals surface area contributed by atoms with Crippen LogP contribution >= 0.6 is 15.9 Å². The van der Waals surface area contributed by atoms with E-state index in [9.17, 15) is 14.3 Å². The number of nitrogens with zero attached hydrogens (tertiary/aromatic N) is 2. The Morgan fingerprint density at radius 2 is 2.07 bits per heavy atom. The van der Waals surface area contributed by atoms with Gasteiger partial charge in [0.25, 0.3) is 0 Å². The molecule has 1 saturated heterocycles. The van der Waals surface area contributed by atoms with Crippen LogP contribution in [0.2, 0.25) is 0 Å². The van der Waals surface area contributed by atoms with Gasteiger partial charge in [0.15, 0.2) is 0 Å². The van der Waals surface area contributed by atoms with Gasteiger partial charge in [-0.05, 0) is 74.7 Å². The number of carbonyl (C=O) groups excluding carboxylic acids is 1. The van der Waals surface area contributed by atoms with Crippen molar-refractivity contribution in [2.24, 2.45) is 0 Å². The van der Waals surface area contributed by atoms with Crippen molar-refractivity contribution in [2.75, 3.05) is 26.2 Å². The van der Waals surface area contributed by atoms with Gasteiger partial charge in [0.2, 0.25) is 0 Å². The van der Waals surface area contributed by atoms with Crippen molar-refractivity contribution in [3.05, 3.63) is 28.0 Å². The fourth-order valence-electron chi connectivity index (χ4n) is 3.20. The summed E-state index contributed by atoms with van der Waals surface area (Å²) in [6, 6.07) is 2.97. The van der Waals surface area contributed by atoms with Crippen LogP contribution in [0.3, 0.4) is 0 Å². The predicted octanol–water partition coefficient (Wildman–Crippen LogP) is 3.93. The monoisotopic (exact) mass is 460 g/mol. The number of aliphatic hydroxyl groups is 1. The third kappa shape index (κ3) is 6.32. The van der Waals surface area contributed by atoms with Gasteiger partial charge in [0, 0.05) is 25.7 Å². The van der Waals surface area contributed by atoms with Gasteiger partial charge in [-0.3, -0.25) is 4.90 Å².